The second-order valence-electron chi connectivity index (χ2n) is 15.8. The van der Waals surface area contributed by atoms with Crippen LogP contribution in [0.1, 0.15) is 79.7 Å². The number of aryl methyl sites for hydroxylation is 1. The van der Waals surface area contributed by atoms with Crippen molar-refractivity contribution in [3.05, 3.63) is 127 Å². The largest absolute Gasteiger partial charge is 0.493 e. The lowest BCUT2D eigenvalue weighted by atomic mass is 10.1. The molecule has 0 saturated heterocycles. The fraction of sp³-hybridized carbons (Fsp3) is 0.377. The summed E-state index contributed by atoms with van der Waals surface area (Å²) < 4.78 is 42.6. The third-order valence-electron chi connectivity index (χ3n) is 10.4. The van der Waals surface area contributed by atoms with Gasteiger partial charge in [0.25, 0.3) is 11.8 Å². The number of carbonyl (C=O) groups is 7. The van der Waals surface area contributed by atoms with Crippen LogP contribution in [-0.2, 0) is 38.1 Å². The Hall–Kier alpha value is -8.13. The predicted octanol–water partition coefficient (Wildman–Crippen LogP) is 7.89. The minimum absolute atomic E-state index is 0.0221. The molecule has 2 atom stereocenters. The molecule has 73 heavy (non-hydrogen) atoms. The molecule has 20 heteroatoms. The number of esters is 3. The molecular formula is C53H66N4O16. The lowest BCUT2D eigenvalue weighted by molar-refractivity contribution is -0.146. The zero-order chi connectivity index (χ0) is 53.9. The number of carbonyl (C=O) groups excluding carboxylic acids is 7. The van der Waals surface area contributed by atoms with E-state index < -0.39 is 61.2 Å². The third-order valence-corrected chi connectivity index (χ3v) is 10.4. The molecule has 0 aliphatic carbocycles. The van der Waals surface area contributed by atoms with Crippen LogP contribution in [0.25, 0.3) is 0 Å². The summed E-state index contributed by atoms with van der Waals surface area (Å²) in [6.45, 7) is 18.1. The highest BCUT2D eigenvalue weighted by atomic mass is 16.6. The number of aliphatic hydroxyl groups excluding tert-OH is 1. The van der Waals surface area contributed by atoms with Gasteiger partial charge in [-0.2, -0.15) is 0 Å². The summed E-state index contributed by atoms with van der Waals surface area (Å²) in [5.41, 5.74) is 2.83. The van der Waals surface area contributed by atoms with E-state index in [-0.39, 0.29) is 79.7 Å². The molecule has 2 heterocycles. The van der Waals surface area contributed by atoms with Crippen molar-refractivity contribution in [3.8, 4) is 17.2 Å². The summed E-state index contributed by atoms with van der Waals surface area (Å²) in [6.07, 6.45) is 15.5. The zero-order valence-corrected chi connectivity index (χ0v) is 42.2. The Labute approximate surface area is 425 Å². The first-order chi connectivity index (χ1) is 35.1. The van der Waals surface area contributed by atoms with Crippen molar-refractivity contribution in [2.24, 2.45) is 0 Å². The molecule has 2 aliphatic rings. The molecule has 394 valence electrons. The van der Waals surface area contributed by atoms with Crippen LogP contribution in [-0.4, -0.2) is 129 Å². The second kappa shape index (κ2) is 31.3. The summed E-state index contributed by atoms with van der Waals surface area (Å²) in [5, 5.41) is 13.3. The second-order valence-corrected chi connectivity index (χ2v) is 15.8. The van der Waals surface area contributed by atoms with Gasteiger partial charge in [-0.3, -0.25) is 25.0 Å². The standard InChI is InChI=1S/C48H58N4O13.C5H8O3/c1-9-15-33-22-35(13-5)51(27-33)46(56)38-24-42(59-8)43(26-40(38)50-48(58)65-30-44(54)62-17-11-3)61-20-14-19-60-41-25-39(49-47(57)63-18-12-4)37(21-31(41)6)45(55)52-28-34(16-10-2)23-36(52)29-64-32(7)53;1-2-3-8-5(7)4-6/h9-12,15-16,21,24-28,35-36H,3-4,13-14,17-20,22-23,29-30H2,1-2,5-8H3,(H,49,57)(H,50,58);2,6H,1,3-4H2/b15-9+,16-10+;/t35-,36+;/m1./s1. The van der Waals surface area contributed by atoms with Gasteiger partial charge in [-0.05, 0) is 68.9 Å². The maximum Gasteiger partial charge on any atom is 0.412 e. The van der Waals surface area contributed by atoms with E-state index in [1.807, 2.05) is 45.1 Å². The summed E-state index contributed by atoms with van der Waals surface area (Å²) in [7, 11) is 1.42. The van der Waals surface area contributed by atoms with Gasteiger partial charge in [-0.1, -0.05) is 69.2 Å². The van der Waals surface area contributed by atoms with Crippen LogP contribution in [0.3, 0.4) is 0 Å². The molecule has 4 amide bonds. The molecular weight excluding hydrogens is 949 g/mol. The normalized spacial score (nSPS) is 14.7. The van der Waals surface area contributed by atoms with Crippen LogP contribution in [0.2, 0.25) is 0 Å². The van der Waals surface area contributed by atoms with Gasteiger partial charge in [0.05, 0.1) is 48.9 Å². The van der Waals surface area contributed by atoms with Gasteiger partial charge in [0.15, 0.2) is 18.1 Å². The van der Waals surface area contributed by atoms with Gasteiger partial charge in [-0.25, -0.2) is 19.2 Å². The van der Waals surface area contributed by atoms with E-state index in [0.717, 1.165) is 11.1 Å². The van der Waals surface area contributed by atoms with Crippen LogP contribution < -0.4 is 24.8 Å². The molecule has 20 nitrogen and oxygen atoms in total. The van der Waals surface area contributed by atoms with Crippen LogP contribution in [0.15, 0.2) is 110 Å². The Morgan fingerprint density at radius 3 is 1.73 bits per heavy atom. The number of allylic oxidation sites excluding steroid dienone is 4. The van der Waals surface area contributed by atoms with Crippen molar-refractivity contribution in [1.82, 2.24) is 9.80 Å². The van der Waals surface area contributed by atoms with E-state index in [1.54, 1.807) is 30.3 Å². The number of amides is 4. The molecule has 2 aliphatic heterocycles. The first-order valence-corrected chi connectivity index (χ1v) is 23.3. The quantitative estimate of drug-likeness (QED) is 0.0370. The highest BCUT2D eigenvalue weighted by Gasteiger charge is 2.33. The number of anilines is 2. The Bertz CT molecular complexity index is 2440. The lowest BCUT2D eigenvalue weighted by Gasteiger charge is -2.25. The minimum atomic E-state index is -1.01. The number of hydrogen-bond donors (Lipinski definition) is 3. The SMILES string of the molecule is C=CCOC(=O)CO.C=CCOC(=O)COC(=O)Nc1cc(OCCCOc2cc(NC(=O)OCC=C)c(C(=O)N3C=C(/C=C/C)C[C@H]3COC(C)=O)cc2C)c(OC)cc1C(=O)N1C=C(/C=C/C)C[C@H]1CC. The number of nitrogens with zero attached hydrogens (tertiary/aromatic N) is 2. The molecule has 3 N–H and O–H groups in total. The van der Waals surface area contributed by atoms with Crippen LogP contribution in [0, 0.1) is 6.92 Å². The Morgan fingerprint density at radius 2 is 1.19 bits per heavy atom. The van der Waals surface area contributed by atoms with E-state index in [0.29, 0.717) is 37.0 Å². The van der Waals surface area contributed by atoms with Crippen molar-refractivity contribution in [3.63, 3.8) is 0 Å². The average Bonchev–Trinajstić information content (AvgIpc) is 3.99. The molecule has 2 aromatic carbocycles. The first-order valence-electron chi connectivity index (χ1n) is 23.3. The molecule has 0 bridgehead atoms. The van der Waals surface area contributed by atoms with Gasteiger partial charge in [0, 0.05) is 43.9 Å². The zero-order valence-electron chi connectivity index (χ0n) is 42.2. The number of aliphatic hydroxyl groups is 1. The van der Waals surface area contributed by atoms with Crippen molar-refractivity contribution < 1.29 is 76.6 Å². The van der Waals surface area contributed by atoms with E-state index in [4.69, 9.17) is 38.3 Å². The molecule has 0 radical (unpaired) electrons. The molecule has 0 unspecified atom stereocenters. The van der Waals surface area contributed by atoms with Crippen molar-refractivity contribution in [2.75, 3.05) is 70.6 Å². The summed E-state index contributed by atoms with van der Waals surface area (Å²) in [5.74, 6) is -1.97. The summed E-state index contributed by atoms with van der Waals surface area (Å²) >= 11 is 0. The number of benzene rings is 2. The predicted molar refractivity (Wildman–Crippen MR) is 271 cm³/mol. The van der Waals surface area contributed by atoms with Gasteiger partial charge in [0.1, 0.15) is 38.8 Å². The van der Waals surface area contributed by atoms with Gasteiger partial charge < -0.3 is 52.8 Å². The molecule has 0 spiro atoms. The average molecular weight is 1020 g/mol. The molecule has 0 saturated carbocycles. The highest BCUT2D eigenvalue weighted by molar-refractivity contribution is 6.05. The number of nitrogens with one attached hydrogen (secondary N) is 2. The third kappa shape index (κ3) is 18.9. The fourth-order valence-electron chi connectivity index (χ4n) is 7.09. The number of rotatable bonds is 25. The maximum absolute atomic E-state index is 14.1. The van der Waals surface area contributed by atoms with E-state index in [9.17, 15) is 33.6 Å². The monoisotopic (exact) mass is 1010 g/mol. The number of methoxy groups -OCH3 is 1. The van der Waals surface area contributed by atoms with Crippen LogP contribution >= 0.6 is 0 Å². The number of ether oxygens (including phenoxy) is 8. The lowest BCUT2D eigenvalue weighted by Crippen LogP contribution is -2.37. The Morgan fingerprint density at radius 1 is 0.685 bits per heavy atom. The van der Waals surface area contributed by atoms with Gasteiger partial charge in [0.2, 0.25) is 0 Å². The van der Waals surface area contributed by atoms with Crippen molar-refractivity contribution >= 4 is 53.3 Å². The molecule has 0 aromatic heterocycles. The Kier molecular flexibility index (Phi) is 25.3. The van der Waals surface area contributed by atoms with Crippen molar-refractivity contribution in [1.29, 1.82) is 0 Å². The summed E-state index contributed by atoms with van der Waals surface area (Å²) in [6, 6.07) is 5.43. The smallest absolute Gasteiger partial charge is 0.412 e. The summed E-state index contributed by atoms with van der Waals surface area (Å²) in [4.78, 5) is 90.8. The van der Waals surface area contributed by atoms with Crippen LogP contribution in [0.5, 0.6) is 17.2 Å². The first kappa shape index (κ1) is 59.2. The fourth-order valence-corrected chi connectivity index (χ4v) is 7.09. The topological polar surface area (TPSA) is 244 Å². The van der Waals surface area contributed by atoms with Gasteiger partial charge in [-0.15, -0.1) is 0 Å². The van der Waals surface area contributed by atoms with Gasteiger partial charge >= 0.3 is 30.1 Å². The minimum Gasteiger partial charge on any atom is -0.493 e. The molecule has 2 aromatic rings. The van der Waals surface area contributed by atoms with E-state index in [1.165, 1.54) is 55.4 Å². The maximum atomic E-state index is 14.1. The van der Waals surface area contributed by atoms with Crippen molar-refractivity contribution in [2.45, 2.75) is 72.4 Å². The molecule has 4 rings (SSSR count). The molecule has 0 fully saturated rings. The van der Waals surface area contributed by atoms with E-state index >= 15 is 0 Å². The number of hydrogen-bond acceptors (Lipinski definition) is 16. The van der Waals surface area contributed by atoms with Crippen LogP contribution in [0.4, 0.5) is 21.0 Å². The Balaban J connectivity index is 0.00000161. The highest BCUT2D eigenvalue weighted by Crippen LogP contribution is 2.37. The van der Waals surface area contributed by atoms with E-state index in [2.05, 4.69) is 35.1 Å².